The third-order valence-electron chi connectivity index (χ3n) is 37.1. The van der Waals surface area contributed by atoms with Crippen LogP contribution in [0.1, 0.15) is 466 Å². The average Bonchev–Trinajstić information content (AvgIpc) is 1.56. The van der Waals surface area contributed by atoms with Crippen molar-refractivity contribution in [3.63, 3.8) is 0 Å². The van der Waals surface area contributed by atoms with Gasteiger partial charge in [-0.15, -0.1) is 0 Å². The molecule has 6 heteroatoms. The highest BCUT2D eigenvalue weighted by atomic mass is 19.4. The van der Waals surface area contributed by atoms with Gasteiger partial charge >= 0.3 is 6.18 Å². The van der Waals surface area contributed by atoms with Crippen LogP contribution in [-0.4, -0.2) is 28.5 Å². The van der Waals surface area contributed by atoms with Crippen molar-refractivity contribution in [2.45, 2.75) is 478 Å². The molecule has 3 nitrogen and oxygen atoms in total. The summed E-state index contributed by atoms with van der Waals surface area (Å²) in [6.07, 6.45) is 63.4. The molecule has 19 saturated carbocycles. The Balaban J connectivity index is 0.000000153. The highest BCUT2D eigenvalue weighted by molar-refractivity contribution is 5.92. The van der Waals surface area contributed by atoms with Crippen LogP contribution in [-0.2, 0) is 9.59 Å². The normalized spacial score (nSPS) is 41.7. The number of Topliss-reactive ketones (excluding diaryl/α,β-unsaturated/α-hetero) is 2. The number of ketones is 2. The molecule has 11 atom stereocenters. The minimum atomic E-state index is -3.95. The largest absolute Gasteiger partial charge is 0.391 e. The molecule has 0 aromatic rings. The van der Waals surface area contributed by atoms with Crippen LogP contribution in [0.25, 0.3) is 0 Å². The second-order valence-corrected chi connectivity index (χ2v) is 46.0. The lowest BCUT2D eigenvalue weighted by atomic mass is 9.49. The van der Waals surface area contributed by atoms with Crippen molar-refractivity contribution in [3.8, 4) is 0 Å². The monoisotopic (exact) mass is 1530 g/mol. The lowest BCUT2D eigenvalue weighted by Gasteiger charge is -2.56. The molecule has 0 spiro atoms. The number of halogens is 3. The van der Waals surface area contributed by atoms with Crippen molar-refractivity contribution in [2.75, 3.05) is 0 Å². The Labute approximate surface area is 676 Å². The molecular weight excluding hydrogens is 1340 g/mol. The van der Waals surface area contributed by atoms with E-state index in [-0.39, 0.29) is 27.3 Å². The Morgan fingerprint density at radius 3 is 1.13 bits per heavy atom. The number of hydrogen-bond acceptors (Lipinski definition) is 3. The smallest absolute Gasteiger partial charge is 0.390 e. The lowest BCUT2D eigenvalue weighted by molar-refractivity contribution is -0.185. The summed E-state index contributed by atoms with van der Waals surface area (Å²) in [6.45, 7) is 48.1. The second-order valence-electron chi connectivity index (χ2n) is 46.0. The summed E-state index contributed by atoms with van der Waals surface area (Å²) in [5.41, 5.74) is 2.42. The van der Waals surface area contributed by atoms with Crippen molar-refractivity contribution >= 4 is 11.6 Å². The lowest BCUT2D eigenvalue weighted by Crippen LogP contribution is -2.45. The third-order valence-corrected chi connectivity index (χ3v) is 37.1. The average molecular weight is 1530 g/mol. The number of fused-ring (bicyclic) bond motifs is 6. The van der Waals surface area contributed by atoms with E-state index >= 15 is 0 Å². The first-order valence-electron chi connectivity index (χ1n) is 49.2. The molecule has 11 unspecified atom stereocenters. The van der Waals surface area contributed by atoms with Gasteiger partial charge < -0.3 is 5.11 Å². The molecular formula is C103H185F3O3. The van der Waals surface area contributed by atoms with Gasteiger partial charge in [0.15, 0.2) is 0 Å². The number of alkyl halides is 3. The Morgan fingerprint density at radius 1 is 0.404 bits per heavy atom. The fourth-order valence-corrected chi connectivity index (χ4v) is 29.1. The minimum absolute atomic E-state index is 0.00164. The highest BCUT2D eigenvalue weighted by Crippen LogP contribution is 2.68. The fraction of sp³-hybridized carbons (Fsp3) is 0.981. The highest BCUT2D eigenvalue weighted by Gasteiger charge is 2.66. The topological polar surface area (TPSA) is 54.4 Å². The molecule has 0 aromatic carbocycles. The van der Waals surface area contributed by atoms with Crippen LogP contribution in [0.3, 0.4) is 0 Å². The maximum atomic E-state index is 12.3. The molecule has 0 saturated heterocycles. The zero-order valence-corrected chi connectivity index (χ0v) is 76.4. The summed E-state index contributed by atoms with van der Waals surface area (Å²) in [6, 6.07) is 0. The van der Waals surface area contributed by atoms with Crippen LogP contribution in [0.5, 0.6) is 0 Å². The maximum absolute atomic E-state index is 12.3. The van der Waals surface area contributed by atoms with Crippen molar-refractivity contribution in [1.82, 2.24) is 0 Å². The Morgan fingerprint density at radius 2 is 0.835 bits per heavy atom. The quantitative estimate of drug-likeness (QED) is 0.250. The molecule has 0 aromatic heterocycles. The van der Waals surface area contributed by atoms with E-state index < -0.39 is 12.1 Å². The van der Waals surface area contributed by atoms with Crippen molar-refractivity contribution in [1.29, 1.82) is 0 Å². The number of rotatable bonds is 9. The first kappa shape index (κ1) is 93.6. The molecule has 0 heterocycles. The zero-order valence-electron chi connectivity index (χ0n) is 76.4. The second kappa shape index (κ2) is 40.7. The molecule has 0 radical (unpaired) electrons. The van der Waals surface area contributed by atoms with Gasteiger partial charge in [0.05, 0.1) is 11.5 Å². The molecule has 0 aliphatic heterocycles. The molecule has 636 valence electrons. The molecule has 19 rings (SSSR count). The number of aliphatic hydroxyl groups is 1. The van der Waals surface area contributed by atoms with Gasteiger partial charge in [0.25, 0.3) is 0 Å². The summed E-state index contributed by atoms with van der Waals surface area (Å²) >= 11 is 0. The van der Waals surface area contributed by atoms with Crippen molar-refractivity contribution < 1.29 is 27.9 Å². The van der Waals surface area contributed by atoms with Crippen LogP contribution in [0, 0.1) is 162 Å². The van der Waals surface area contributed by atoms with E-state index in [0.717, 1.165) is 164 Å². The Bertz CT molecular complexity index is 2520. The zero-order chi connectivity index (χ0) is 80.1. The van der Waals surface area contributed by atoms with E-state index in [1.54, 1.807) is 103 Å². The first-order valence-corrected chi connectivity index (χ1v) is 49.2. The summed E-state index contributed by atoms with van der Waals surface area (Å²) < 4.78 is 36.8. The van der Waals surface area contributed by atoms with Gasteiger partial charge in [-0.05, 0) is 313 Å². The van der Waals surface area contributed by atoms with Gasteiger partial charge in [-0.1, -0.05) is 287 Å². The van der Waals surface area contributed by atoms with Crippen molar-refractivity contribution in [2.24, 2.45) is 162 Å². The van der Waals surface area contributed by atoms with E-state index in [1.165, 1.54) is 141 Å². The van der Waals surface area contributed by atoms with Crippen LogP contribution < -0.4 is 0 Å². The molecule has 19 fully saturated rings. The van der Waals surface area contributed by atoms with E-state index in [2.05, 4.69) is 138 Å². The molecule has 19 aliphatic rings. The Kier molecular flexibility index (Phi) is 34.9. The van der Waals surface area contributed by atoms with Gasteiger partial charge in [0, 0.05) is 22.7 Å². The van der Waals surface area contributed by atoms with E-state index in [4.69, 9.17) is 0 Å². The summed E-state index contributed by atoms with van der Waals surface area (Å²) in [4.78, 5) is 24.3. The summed E-state index contributed by atoms with van der Waals surface area (Å²) in [5.74, 6) is 18.9. The standard InChI is InChI=1S/2C12H20O.C12H20.C12H24.C11H18.C9H15F3.C9H16.2C9H18.C8H16O/c2*1-5-8-9-6-7-12(4,10(8)13)11(9,2)3;1-2-12-6-9-3-10(7-12)5-11(4-9)8-12;1-5-10-6-8-11(9-7-10)12(2,3)4;1-11-5-8-2-9(6-11)4-10(3-8)7-11;1-2-7-4-3-5-8(6-7)9(10,11)12;1-2-8-5-7-3-4-9(8)6-7;1-8(2)9-6-4-3-5-7-9;1-3-9-6-4-8(2)5-7-9;1-2-8(9)6-4-3-5-7-8/h2*8-9H,5-7H2,1-4H3;9-11H,2-8H2,1H3;10-11H,5-9H2,1-4H3;8-10H,2-7H2,1H3;7-8H,2-6H2,1H3;7-9H,2-6H2,1H3;2*8-9H,3-7H2,1-2H3;9H,2-7H2,1H3. The maximum Gasteiger partial charge on any atom is 0.391 e. The van der Waals surface area contributed by atoms with Gasteiger partial charge in [-0.3, -0.25) is 9.59 Å². The number of carbonyl (C=O) groups is 2. The van der Waals surface area contributed by atoms with Gasteiger partial charge in [0.2, 0.25) is 0 Å². The van der Waals surface area contributed by atoms with E-state index in [9.17, 15) is 27.9 Å². The van der Waals surface area contributed by atoms with Gasteiger partial charge in [-0.2, -0.15) is 13.2 Å². The molecule has 19 aliphatic carbocycles. The minimum Gasteiger partial charge on any atom is -0.390 e. The van der Waals surface area contributed by atoms with Crippen LogP contribution in [0.2, 0.25) is 0 Å². The SMILES string of the molecule is CC(C)C1CCCCC1.CC12CC3CC(CC(C3)C1)C2.CCC1(O)CCCCC1.CCC12CC3CC(CC(C3)C1)C2.CCC1C(=O)C2(C)CCC1C2(C)C.CCC1C(=O)C2(C)CCC1C2(C)C.CCC1CC2CCC1C2.CCC1CCC(C(C)(C)C)CC1.CCC1CCC(C)CC1.CCC1CCCC(C(F)(F)F)C1. The van der Waals surface area contributed by atoms with Crippen LogP contribution in [0.4, 0.5) is 13.2 Å². The molecule has 1 N–H and O–H groups in total. The predicted molar refractivity (Wildman–Crippen MR) is 461 cm³/mol. The Hall–Kier alpha value is -0.910. The third kappa shape index (κ3) is 24.0. The first-order chi connectivity index (χ1) is 51.3. The molecule has 0 amide bonds. The van der Waals surface area contributed by atoms with Crippen LogP contribution >= 0.6 is 0 Å². The van der Waals surface area contributed by atoms with E-state index in [1.807, 2.05) is 6.92 Å². The fourth-order valence-electron chi connectivity index (χ4n) is 29.1. The summed E-state index contributed by atoms with van der Waals surface area (Å²) in [5, 5.41) is 9.68. The van der Waals surface area contributed by atoms with Crippen LogP contribution in [0.15, 0.2) is 0 Å². The summed E-state index contributed by atoms with van der Waals surface area (Å²) in [7, 11) is 0. The van der Waals surface area contributed by atoms with Gasteiger partial charge in [-0.25, -0.2) is 0 Å². The van der Waals surface area contributed by atoms with Crippen molar-refractivity contribution in [3.05, 3.63) is 0 Å². The predicted octanol–water partition coefficient (Wildman–Crippen LogP) is 32.3. The molecule has 109 heavy (non-hydrogen) atoms. The molecule has 14 bridgehead atoms. The number of carbonyl (C=O) groups excluding carboxylic acids is 2. The van der Waals surface area contributed by atoms with Gasteiger partial charge in [0.1, 0.15) is 11.6 Å². The number of hydrogen-bond donors (Lipinski definition) is 1. The van der Waals surface area contributed by atoms with E-state index in [0.29, 0.717) is 59.4 Å².